The zero-order chi connectivity index (χ0) is 17.9. The van der Waals surface area contributed by atoms with Crippen molar-refractivity contribution in [3.8, 4) is 0 Å². The van der Waals surface area contributed by atoms with Crippen LogP contribution in [-0.2, 0) is 4.43 Å². The van der Waals surface area contributed by atoms with Gasteiger partial charge in [-0.2, -0.15) is 0 Å². The van der Waals surface area contributed by atoms with Crippen LogP contribution in [0, 0.1) is 5.41 Å². The van der Waals surface area contributed by atoms with E-state index in [1.54, 1.807) is 0 Å². The van der Waals surface area contributed by atoms with Crippen LogP contribution in [0.4, 0.5) is 0 Å². The van der Waals surface area contributed by atoms with Gasteiger partial charge >= 0.3 is 0 Å². The highest BCUT2D eigenvalue weighted by atomic mass is 28.4. The summed E-state index contributed by atoms with van der Waals surface area (Å²) in [7, 11) is 9.16. The molecule has 0 unspecified atom stereocenters. The van der Waals surface area contributed by atoms with Crippen molar-refractivity contribution in [3.05, 3.63) is 0 Å². The molecule has 0 aliphatic rings. The van der Waals surface area contributed by atoms with Gasteiger partial charge in [0.05, 0.1) is 0 Å². The monoisotopic (exact) mass is 344 g/mol. The second-order valence-corrected chi connectivity index (χ2v) is 12.5. The molecule has 140 valence electrons. The molecule has 0 saturated carbocycles. The minimum Gasteiger partial charge on any atom is -0.420 e. The van der Waals surface area contributed by atoms with Gasteiger partial charge in [-0.05, 0) is 90.5 Å². The molecule has 0 aliphatic heterocycles. The van der Waals surface area contributed by atoms with Gasteiger partial charge in [0.15, 0.2) is 8.32 Å². The topological polar surface area (TPSA) is 15.7 Å². The van der Waals surface area contributed by atoms with Gasteiger partial charge in [0.25, 0.3) is 0 Å². The van der Waals surface area contributed by atoms with Crippen LogP contribution >= 0.6 is 0 Å². The van der Waals surface area contributed by atoms with Gasteiger partial charge in [-0.3, -0.25) is 0 Å². The molecule has 0 rings (SSSR count). The zero-order valence-corrected chi connectivity index (χ0v) is 18.4. The van der Waals surface area contributed by atoms with Crippen LogP contribution in [0.2, 0.25) is 18.1 Å². The fraction of sp³-hybridized carbons (Fsp3) is 1.00. The third-order valence-electron chi connectivity index (χ3n) is 5.79. The van der Waals surface area contributed by atoms with Crippen LogP contribution in [0.1, 0.15) is 52.9 Å². The van der Waals surface area contributed by atoms with Gasteiger partial charge in [-0.1, -0.05) is 27.2 Å². The summed E-state index contributed by atoms with van der Waals surface area (Å²) in [4.78, 5) is 4.64. The summed E-state index contributed by atoms with van der Waals surface area (Å²) in [5.74, 6) is 0. The van der Waals surface area contributed by atoms with Crippen molar-refractivity contribution in [2.75, 3.05) is 48.4 Å². The predicted octanol–water partition coefficient (Wildman–Crippen LogP) is 4.70. The molecular formula is C19H44N2OSi. The smallest absolute Gasteiger partial charge is 0.192 e. The average Bonchev–Trinajstić information content (AvgIpc) is 2.51. The minimum absolute atomic E-state index is 0.486. The van der Waals surface area contributed by atoms with E-state index < -0.39 is 8.32 Å². The highest BCUT2D eigenvalue weighted by Crippen LogP contribution is 2.43. The Morgan fingerprint density at radius 2 is 1.26 bits per heavy atom. The van der Waals surface area contributed by atoms with Crippen LogP contribution in [0.25, 0.3) is 0 Å². The minimum atomic E-state index is -1.56. The third kappa shape index (κ3) is 8.66. The molecule has 0 bridgehead atoms. The van der Waals surface area contributed by atoms with Crippen molar-refractivity contribution in [1.82, 2.24) is 9.80 Å². The van der Waals surface area contributed by atoms with E-state index in [-0.39, 0.29) is 0 Å². The van der Waals surface area contributed by atoms with Crippen molar-refractivity contribution in [1.29, 1.82) is 0 Å². The Balaban J connectivity index is 5.04. The van der Waals surface area contributed by atoms with Crippen molar-refractivity contribution >= 4 is 8.32 Å². The normalized spacial score (nSPS) is 13.3. The quantitative estimate of drug-likeness (QED) is 0.425. The summed E-state index contributed by atoms with van der Waals surface area (Å²) in [6, 6.07) is 3.85. The molecule has 0 aromatic carbocycles. The van der Waals surface area contributed by atoms with E-state index in [1.807, 2.05) is 7.11 Å². The molecule has 0 atom stereocenters. The number of nitrogens with zero attached hydrogens (tertiary/aromatic N) is 2. The Labute approximate surface area is 147 Å². The number of hydrogen-bond acceptors (Lipinski definition) is 3. The van der Waals surface area contributed by atoms with Crippen molar-refractivity contribution in [2.24, 2.45) is 5.41 Å². The fourth-order valence-corrected chi connectivity index (χ4v) is 7.56. The van der Waals surface area contributed by atoms with Gasteiger partial charge in [0.1, 0.15) is 0 Å². The van der Waals surface area contributed by atoms with E-state index >= 15 is 0 Å². The fourth-order valence-electron chi connectivity index (χ4n) is 3.87. The molecule has 0 fully saturated rings. The molecule has 0 aliphatic carbocycles. The van der Waals surface area contributed by atoms with Gasteiger partial charge < -0.3 is 14.2 Å². The highest BCUT2D eigenvalue weighted by Gasteiger charge is 2.40. The van der Waals surface area contributed by atoms with E-state index in [9.17, 15) is 0 Å². The van der Waals surface area contributed by atoms with Crippen LogP contribution in [0.3, 0.4) is 0 Å². The summed E-state index contributed by atoms with van der Waals surface area (Å²) in [5, 5.41) is 0. The first-order chi connectivity index (χ1) is 10.8. The van der Waals surface area contributed by atoms with Crippen LogP contribution in [-0.4, -0.2) is 66.5 Å². The van der Waals surface area contributed by atoms with Gasteiger partial charge in [-0.15, -0.1) is 0 Å². The molecule has 0 radical (unpaired) electrons. The maximum atomic E-state index is 6.17. The van der Waals surface area contributed by atoms with Crippen molar-refractivity contribution < 1.29 is 4.43 Å². The molecule has 4 heteroatoms. The molecule has 23 heavy (non-hydrogen) atoms. The maximum absolute atomic E-state index is 6.17. The summed E-state index contributed by atoms with van der Waals surface area (Å²) < 4.78 is 6.17. The Morgan fingerprint density at radius 1 is 0.826 bits per heavy atom. The Morgan fingerprint density at radius 3 is 1.52 bits per heavy atom. The summed E-state index contributed by atoms with van der Waals surface area (Å²) in [5.41, 5.74) is 0.486. The molecule has 0 heterocycles. The van der Waals surface area contributed by atoms with Crippen LogP contribution in [0.5, 0.6) is 0 Å². The summed E-state index contributed by atoms with van der Waals surface area (Å²) in [6.07, 6.45) is 6.63. The third-order valence-corrected chi connectivity index (χ3v) is 10.6. The highest BCUT2D eigenvalue weighted by molar-refractivity contribution is 6.73. The molecule has 0 aromatic heterocycles. The zero-order valence-electron chi connectivity index (χ0n) is 17.4. The Kier molecular flexibility index (Phi) is 11.7. The van der Waals surface area contributed by atoms with Crippen LogP contribution in [0.15, 0.2) is 0 Å². The SMILES string of the molecule is CCC(CCCN(C)C)(CCCN(C)C)C[Si](CC)(CC)OC. The molecule has 0 amide bonds. The lowest BCUT2D eigenvalue weighted by Gasteiger charge is -2.41. The van der Waals surface area contributed by atoms with Gasteiger partial charge in [0.2, 0.25) is 0 Å². The van der Waals surface area contributed by atoms with Crippen molar-refractivity contribution in [2.45, 2.75) is 71.0 Å². The largest absolute Gasteiger partial charge is 0.420 e. The standard InChI is InChI=1S/C19H44N2OSi/c1-9-19(14-12-16-20(4)5,15-13-17-21(6)7)18-23(10-2,11-3)22-8/h9-18H2,1-8H3. The van der Waals surface area contributed by atoms with E-state index in [0.29, 0.717) is 5.41 Å². The predicted molar refractivity (Wildman–Crippen MR) is 107 cm³/mol. The molecular weight excluding hydrogens is 300 g/mol. The van der Waals surface area contributed by atoms with E-state index in [1.165, 1.54) is 63.3 Å². The van der Waals surface area contributed by atoms with E-state index in [4.69, 9.17) is 4.43 Å². The summed E-state index contributed by atoms with van der Waals surface area (Å²) in [6.45, 7) is 9.51. The first kappa shape index (κ1) is 23.1. The molecule has 0 N–H and O–H groups in total. The first-order valence-electron chi connectivity index (χ1n) is 9.63. The molecule has 0 aromatic rings. The van der Waals surface area contributed by atoms with Crippen LogP contribution < -0.4 is 0 Å². The molecule has 0 spiro atoms. The lowest BCUT2D eigenvalue weighted by molar-refractivity contribution is 0.209. The first-order valence-corrected chi connectivity index (χ1v) is 12.2. The molecule has 0 saturated heterocycles. The Hall–Kier alpha value is 0.0969. The number of rotatable bonds is 14. The van der Waals surface area contributed by atoms with Crippen molar-refractivity contribution in [3.63, 3.8) is 0 Å². The Bertz CT molecular complexity index is 269. The maximum Gasteiger partial charge on any atom is 0.192 e. The lowest BCUT2D eigenvalue weighted by Crippen LogP contribution is -2.42. The van der Waals surface area contributed by atoms with Gasteiger partial charge in [0, 0.05) is 7.11 Å². The van der Waals surface area contributed by atoms with Gasteiger partial charge in [-0.25, -0.2) is 0 Å². The van der Waals surface area contributed by atoms with E-state index in [2.05, 4.69) is 58.8 Å². The second kappa shape index (κ2) is 11.6. The second-order valence-electron chi connectivity index (χ2n) is 7.94. The number of hydrogen-bond donors (Lipinski definition) is 0. The average molecular weight is 345 g/mol. The lowest BCUT2D eigenvalue weighted by atomic mass is 9.78. The summed E-state index contributed by atoms with van der Waals surface area (Å²) >= 11 is 0. The molecule has 3 nitrogen and oxygen atoms in total. The van der Waals surface area contributed by atoms with E-state index in [0.717, 1.165) is 0 Å².